The lowest BCUT2D eigenvalue weighted by Crippen LogP contribution is -2.32. The molecule has 0 amide bonds. The molecule has 0 radical (unpaired) electrons. The van der Waals surface area contributed by atoms with E-state index in [2.05, 4.69) is 6.92 Å². The van der Waals surface area contributed by atoms with E-state index in [4.69, 9.17) is 47.2 Å². The highest BCUT2D eigenvalue weighted by atomic mass is 16.4. The van der Waals surface area contributed by atoms with Gasteiger partial charge < -0.3 is 47.2 Å². The van der Waals surface area contributed by atoms with Gasteiger partial charge in [0.15, 0.2) is 0 Å². The lowest BCUT2D eigenvalue weighted by Gasteiger charge is -2.01. The molecule has 0 saturated carbocycles. The van der Waals surface area contributed by atoms with Crippen molar-refractivity contribution < 1.29 is 69.3 Å². The van der Waals surface area contributed by atoms with Crippen molar-refractivity contribution in [3.05, 3.63) is 12.2 Å². The number of nitrogens with two attached hydrogens (primary N) is 2. The van der Waals surface area contributed by atoms with E-state index in [-0.39, 0.29) is 12.8 Å². The Kier molecular flexibility index (Phi) is 32.7. The van der Waals surface area contributed by atoms with Gasteiger partial charge in [0.2, 0.25) is 0 Å². The van der Waals surface area contributed by atoms with Crippen molar-refractivity contribution in [3.63, 3.8) is 0 Å². The molecular weight excluding hydrogens is 552 g/mol. The van der Waals surface area contributed by atoms with Crippen molar-refractivity contribution in [2.45, 2.75) is 102 Å². The first kappa shape index (κ1) is 44.0. The number of aliphatic carboxylic acids is 7. The Bertz CT molecular complexity index is 798. The Labute approximate surface area is 237 Å². The van der Waals surface area contributed by atoms with Crippen LogP contribution in [-0.4, -0.2) is 89.6 Å². The number of hydrogen-bond acceptors (Lipinski definition) is 9. The summed E-state index contributed by atoms with van der Waals surface area (Å²) >= 11 is 0. The molecule has 2 atom stereocenters. The lowest BCUT2D eigenvalue weighted by atomic mass is 10.1. The monoisotopic (exact) mass is 596 g/mol. The minimum absolute atomic E-state index is 0.0231. The highest BCUT2D eigenvalue weighted by molar-refractivity contribution is 5.89. The van der Waals surface area contributed by atoms with Crippen molar-refractivity contribution in [3.8, 4) is 0 Å². The molecular formula is C25H44N2O14. The molecule has 238 valence electrons. The Morgan fingerprint density at radius 1 is 0.537 bits per heavy atom. The van der Waals surface area contributed by atoms with E-state index in [1.165, 1.54) is 44.9 Å². The van der Waals surface area contributed by atoms with Gasteiger partial charge in [-0.2, -0.15) is 0 Å². The first-order chi connectivity index (χ1) is 19.0. The minimum atomic E-state index is -1.29. The van der Waals surface area contributed by atoms with Gasteiger partial charge >= 0.3 is 41.8 Å². The summed E-state index contributed by atoms with van der Waals surface area (Å²) in [5.74, 6) is -7.87. The van der Waals surface area contributed by atoms with Gasteiger partial charge in [0, 0.05) is 25.0 Å². The summed E-state index contributed by atoms with van der Waals surface area (Å²) in [5, 5.41) is 56.3. The minimum Gasteiger partial charge on any atom is -0.481 e. The Hall–Kier alpha value is -4.05. The smallest absolute Gasteiger partial charge is 0.328 e. The molecule has 0 saturated heterocycles. The number of rotatable bonds is 19. The van der Waals surface area contributed by atoms with Gasteiger partial charge in [-0.1, -0.05) is 58.3 Å². The van der Waals surface area contributed by atoms with E-state index in [0.717, 1.165) is 12.8 Å². The molecule has 0 spiro atoms. The van der Waals surface area contributed by atoms with Crippen LogP contribution in [0.1, 0.15) is 90.4 Å². The normalized spacial score (nSPS) is 11.2. The lowest BCUT2D eigenvalue weighted by molar-refractivity contribution is -0.144. The zero-order valence-electron chi connectivity index (χ0n) is 23.1. The highest BCUT2D eigenvalue weighted by Gasteiger charge is 2.14. The Balaban J connectivity index is -0.000000228. The summed E-state index contributed by atoms with van der Waals surface area (Å²) in [6, 6.07) is -2.35. The van der Waals surface area contributed by atoms with Crippen molar-refractivity contribution in [1.82, 2.24) is 0 Å². The number of hydrogen-bond donors (Lipinski definition) is 9. The second kappa shape index (κ2) is 30.5. The zero-order valence-corrected chi connectivity index (χ0v) is 23.1. The summed E-state index contributed by atoms with van der Waals surface area (Å²) in [6.07, 6.45) is 11.8. The maximum Gasteiger partial charge on any atom is 0.328 e. The van der Waals surface area contributed by atoms with Crippen molar-refractivity contribution >= 4 is 41.8 Å². The van der Waals surface area contributed by atoms with E-state index in [1.807, 2.05) is 0 Å². The fourth-order valence-corrected chi connectivity index (χ4v) is 2.41. The van der Waals surface area contributed by atoms with Crippen LogP contribution in [0.5, 0.6) is 0 Å². The van der Waals surface area contributed by atoms with Gasteiger partial charge in [-0.3, -0.25) is 24.0 Å². The largest absolute Gasteiger partial charge is 0.481 e. The maximum absolute atomic E-state index is 10.2. The van der Waals surface area contributed by atoms with Crippen LogP contribution in [0.3, 0.4) is 0 Å². The van der Waals surface area contributed by atoms with Crippen LogP contribution < -0.4 is 11.5 Å². The van der Waals surface area contributed by atoms with Gasteiger partial charge in [-0.15, -0.1) is 0 Å². The standard InChI is InChI=1S/C12H24O2.C5H9NO4.C4H7NO4.C4H4O4/c1-2-3-4-5-6-7-8-9-10-11-12(13)14;6-3(5(9)10)1-2-4(7)8;5-2(4(8)9)1-3(6)7;5-3(6)1-2-4(7)8/h2-11H2,1H3,(H,13,14);3H,1-2,6H2,(H,7,8)(H,9,10);2H,1,5H2,(H,6,7)(H,8,9);1-2H,(H,5,6)(H,7,8)/b;;;2-1-/t;3-;2-;/m.00./s1. The van der Waals surface area contributed by atoms with E-state index in [1.54, 1.807) is 0 Å². The fourth-order valence-electron chi connectivity index (χ4n) is 2.41. The second-order valence-corrected chi connectivity index (χ2v) is 8.40. The van der Waals surface area contributed by atoms with E-state index in [0.29, 0.717) is 18.6 Å². The molecule has 0 fully saturated rings. The maximum atomic E-state index is 10.2. The molecule has 0 heterocycles. The van der Waals surface area contributed by atoms with Crippen molar-refractivity contribution in [2.24, 2.45) is 11.5 Å². The molecule has 0 unspecified atom stereocenters. The number of carboxylic acid groups (broad SMARTS) is 7. The van der Waals surface area contributed by atoms with Gasteiger partial charge in [0.25, 0.3) is 0 Å². The van der Waals surface area contributed by atoms with Gasteiger partial charge in [-0.05, 0) is 12.8 Å². The molecule has 0 aliphatic heterocycles. The van der Waals surface area contributed by atoms with Crippen molar-refractivity contribution in [2.75, 3.05) is 0 Å². The molecule has 0 aromatic heterocycles. The predicted octanol–water partition coefficient (Wildman–Crippen LogP) is 1.84. The van der Waals surface area contributed by atoms with Gasteiger partial charge in [0.05, 0.1) is 6.42 Å². The molecule has 11 N–H and O–H groups in total. The van der Waals surface area contributed by atoms with Crippen LogP contribution in [0.15, 0.2) is 12.2 Å². The SMILES string of the molecule is CCCCCCCCCCCC(=O)O.N[C@@H](CC(=O)O)C(=O)O.N[C@@H](CCC(=O)O)C(=O)O.O=C(O)/C=C\C(=O)O. The van der Waals surface area contributed by atoms with E-state index >= 15 is 0 Å². The van der Waals surface area contributed by atoms with Gasteiger partial charge in [-0.25, -0.2) is 9.59 Å². The average Bonchev–Trinajstić information content (AvgIpc) is 2.85. The summed E-state index contributed by atoms with van der Waals surface area (Å²) in [6.45, 7) is 2.23. The molecule has 16 nitrogen and oxygen atoms in total. The topological polar surface area (TPSA) is 313 Å². The third kappa shape index (κ3) is 49.4. The van der Waals surface area contributed by atoms with E-state index in [9.17, 15) is 33.6 Å². The number of unbranched alkanes of at least 4 members (excludes halogenated alkanes) is 8. The van der Waals surface area contributed by atoms with Crippen molar-refractivity contribution in [1.29, 1.82) is 0 Å². The van der Waals surface area contributed by atoms with Crippen LogP contribution in [0.25, 0.3) is 0 Å². The molecule has 41 heavy (non-hydrogen) atoms. The van der Waals surface area contributed by atoms with Crippen LogP contribution >= 0.6 is 0 Å². The van der Waals surface area contributed by atoms with E-state index < -0.39 is 60.3 Å². The summed E-state index contributed by atoms with van der Waals surface area (Å²) < 4.78 is 0. The summed E-state index contributed by atoms with van der Waals surface area (Å²) in [5.41, 5.74) is 9.84. The third-order valence-corrected chi connectivity index (χ3v) is 4.56. The first-order valence-electron chi connectivity index (χ1n) is 12.7. The van der Waals surface area contributed by atoms with Crippen LogP contribution in [-0.2, 0) is 33.6 Å². The average molecular weight is 597 g/mol. The van der Waals surface area contributed by atoms with Crippen LogP contribution in [0, 0.1) is 0 Å². The molecule has 0 aliphatic carbocycles. The Morgan fingerprint density at radius 2 is 0.902 bits per heavy atom. The van der Waals surface area contributed by atoms with Crippen LogP contribution in [0.2, 0.25) is 0 Å². The fraction of sp³-hybridized carbons (Fsp3) is 0.640. The molecule has 0 aromatic rings. The first-order valence-corrected chi connectivity index (χ1v) is 12.7. The summed E-state index contributed by atoms with van der Waals surface area (Å²) in [4.78, 5) is 68.8. The zero-order chi connectivity index (χ0) is 32.8. The molecule has 0 aliphatic rings. The number of carbonyl (C=O) groups is 7. The molecule has 0 aromatic carbocycles. The second-order valence-electron chi connectivity index (χ2n) is 8.40. The summed E-state index contributed by atoms with van der Waals surface area (Å²) in [7, 11) is 0. The quantitative estimate of drug-likeness (QED) is 0.0758. The van der Waals surface area contributed by atoms with Crippen LogP contribution in [0.4, 0.5) is 0 Å². The third-order valence-electron chi connectivity index (χ3n) is 4.56. The predicted molar refractivity (Wildman–Crippen MR) is 144 cm³/mol. The molecule has 16 heteroatoms. The molecule has 0 bridgehead atoms. The molecule has 0 rings (SSSR count). The van der Waals surface area contributed by atoms with Gasteiger partial charge in [0.1, 0.15) is 12.1 Å². The number of carboxylic acids is 7. The Morgan fingerprint density at radius 3 is 1.17 bits per heavy atom. The highest BCUT2D eigenvalue weighted by Crippen LogP contribution is 2.10.